The van der Waals surface area contributed by atoms with Crippen molar-refractivity contribution < 1.29 is 24.5 Å². The number of aliphatic hydroxyl groups is 2. The Hall–Kier alpha value is -1.54. The predicted molar refractivity (Wildman–Crippen MR) is 146 cm³/mol. The van der Waals surface area contributed by atoms with Crippen LogP contribution in [0.1, 0.15) is 90.3 Å². The lowest BCUT2D eigenvalue weighted by Crippen LogP contribution is -2.46. The molecule has 1 aromatic heterocycles. The molecule has 1 aliphatic heterocycles. The van der Waals surface area contributed by atoms with Crippen LogP contribution in [0.15, 0.2) is 22.1 Å². The molecule has 0 aromatic carbocycles. The number of hydrogen-bond acceptors (Lipinski definition) is 7. The summed E-state index contributed by atoms with van der Waals surface area (Å²) < 4.78 is 5.72. The number of rotatable bonds is 4. The van der Waals surface area contributed by atoms with Gasteiger partial charge in [0.25, 0.3) is 0 Å². The largest absolute Gasteiger partial charge is 0.456 e. The number of Topliss-reactive ketones (excluding diaryl/α,β-unsaturated/α-hetero) is 1. The van der Waals surface area contributed by atoms with Crippen LogP contribution in [-0.2, 0) is 14.3 Å². The third kappa shape index (κ3) is 8.51. The Morgan fingerprint density at radius 1 is 1.31 bits per heavy atom. The molecule has 2 heterocycles. The minimum Gasteiger partial charge on any atom is -0.456 e. The molecule has 5 atom stereocenters. The molecule has 8 heteroatoms. The summed E-state index contributed by atoms with van der Waals surface area (Å²) in [7, 11) is 0. The van der Waals surface area contributed by atoms with Crippen molar-refractivity contribution in [1.82, 2.24) is 4.98 Å². The van der Waals surface area contributed by atoms with Crippen molar-refractivity contribution in [2.24, 2.45) is 17.3 Å². The minimum atomic E-state index is -1.26. The lowest BCUT2D eigenvalue weighted by atomic mass is 9.71. The van der Waals surface area contributed by atoms with Gasteiger partial charge in [0.05, 0.1) is 39.8 Å². The van der Waals surface area contributed by atoms with Crippen LogP contribution in [0.4, 0.5) is 0 Å². The summed E-state index contributed by atoms with van der Waals surface area (Å²) >= 11 is 8.10. The van der Waals surface area contributed by atoms with Gasteiger partial charge in [-0.2, -0.15) is 0 Å². The first-order chi connectivity index (χ1) is 16.9. The summed E-state index contributed by atoms with van der Waals surface area (Å²) in [6.07, 6.45) is 4.76. The average molecular weight is 540 g/mol. The van der Waals surface area contributed by atoms with Crippen LogP contribution in [0, 0.1) is 24.2 Å². The Labute approximate surface area is 224 Å². The van der Waals surface area contributed by atoms with Gasteiger partial charge < -0.3 is 14.9 Å². The van der Waals surface area contributed by atoms with Gasteiger partial charge >= 0.3 is 5.97 Å². The maximum absolute atomic E-state index is 13.5. The number of nitrogens with zero attached hydrogens (tertiary/aromatic N) is 1. The van der Waals surface area contributed by atoms with E-state index < -0.39 is 35.6 Å². The van der Waals surface area contributed by atoms with Gasteiger partial charge in [0.15, 0.2) is 0 Å². The van der Waals surface area contributed by atoms with Crippen LogP contribution in [0.5, 0.6) is 0 Å². The Bertz CT molecular complexity index is 953. The van der Waals surface area contributed by atoms with Crippen LogP contribution in [0.3, 0.4) is 0 Å². The number of halogens is 1. The summed E-state index contributed by atoms with van der Waals surface area (Å²) in [4.78, 5) is 30.8. The number of aryl methyl sites for hydroxylation is 1. The molecule has 0 fully saturated rings. The molecule has 2 rings (SSSR count). The molecule has 0 unspecified atom stereocenters. The lowest BCUT2D eigenvalue weighted by molar-refractivity contribution is -0.154. The zero-order valence-corrected chi connectivity index (χ0v) is 24.0. The number of aromatic nitrogens is 1. The summed E-state index contributed by atoms with van der Waals surface area (Å²) in [5.74, 6) is -1.51. The van der Waals surface area contributed by atoms with Gasteiger partial charge in [-0.25, -0.2) is 4.98 Å². The van der Waals surface area contributed by atoms with Crippen molar-refractivity contribution in [3.05, 3.63) is 32.8 Å². The van der Waals surface area contributed by atoms with Crippen LogP contribution in [-0.4, -0.2) is 45.3 Å². The number of carbonyl (C=O) groups excluding carboxylic acids is 2. The monoisotopic (exact) mass is 539 g/mol. The SMILES string of the molecule is CCC[C@H]1C(=O)C(C)(C)[C@H](O)CC(=O)O[C@H](/C(Cl)=C/c2csc(C)n2)C/C=C(/C)CCC[C@H](C)[C@@H]1O. The molecule has 0 radical (unpaired) electrons. The van der Waals surface area contributed by atoms with Crippen molar-refractivity contribution >= 4 is 40.8 Å². The second kappa shape index (κ2) is 13.8. The molecular weight excluding hydrogens is 498 g/mol. The first-order valence-electron chi connectivity index (χ1n) is 12.9. The van der Waals surface area contributed by atoms with E-state index in [1.165, 1.54) is 11.3 Å². The van der Waals surface area contributed by atoms with Crippen molar-refractivity contribution in [3.63, 3.8) is 0 Å². The highest BCUT2D eigenvalue weighted by molar-refractivity contribution is 7.09. The second-order valence-corrected chi connectivity index (χ2v) is 12.1. The van der Waals surface area contributed by atoms with Gasteiger partial charge in [-0.3, -0.25) is 9.59 Å². The number of ketones is 1. The van der Waals surface area contributed by atoms with E-state index in [0.717, 1.165) is 36.3 Å². The lowest BCUT2D eigenvalue weighted by Gasteiger charge is -2.36. The highest BCUT2D eigenvalue weighted by Crippen LogP contribution is 2.34. The first kappa shape index (κ1) is 30.7. The molecule has 0 bridgehead atoms. The molecule has 36 heavy (non-hydrogen) atoms. The minimum absolute atomic E-state index is 0.0594. The van der Waals surface area contributed by atoms with Crippen molar-refractivity contribution in [2.75, 3.05) is 0 Å². The fraction of sp³-hybridized carbons (Fsp3) is 0.679. The molecule has 0 saturated heterocycles. The zero-order valence-electron chi connectivity index (χ0n) is 22.4. The Kier molecular flexibility index (Phi) is 11.8. The molecule has 202 valence electrons. The van der Waals surface area contributed by atoms with Gasteiger partial charge in [-0.15, -0.1) is 11.3 Å². The number of hydrogen-bond donors (Lipinski definition) is 2. The van der Waals surface area contributed by atoms with Crippen molar-refractivity contribution in [2.45, 2.75) is 105 Å². The van der Waals surface area contributed by atoms with Gasteiger partial charge in [-0.05, 0) is 51.5 Å². The van der Waals surface area contributed by atoms with E-state index in [0.29, 0.717) is 23.6 Å². The summed E-state index contributed by atoms with van der Waals surface area (Å²) in [5, 5.41) is 25.2. The van der Waals surface area contributed by atoms with E-state index >= 15 is 0 Å². The topological polar surface area (TPSA) is 96.7 Å². The van der Waals surface area contributed by atoms with E-state index in [2.05, 4.69) is 4.98 Å². The number of esters is 1. The third-order valence-electron chi connectivity index (χ3n) is 7.17. The maximum Gasteiger partial charge on any atom is 0.309 e. The first-order valence-corrected chi connectivity index (χ1v) is 14.2. The smallest absolute Gasteiger partial charge is 0.309 e. The molecule has 1 aliphatic rings. The van der Waals surface area contributed by atoms with Gasteiger partial charge in [-0.1, -0.05) is 57.4 Å². The normalized spacial score (nSPS) is 31.0. The highest BCUT2D eigenvalue weighted by atomic mass is 35.5. The van der Waals surface area contributed by atoms with Crippen LogP contribution in [0.25, 0.3) is 6.08 Å². The van der Waals surface area contributed by atoms with Gasteiger partial charge in [0.2, 0.25) is 0 Å². The second-order valence-electron chi connectivity index (χ2n) is 10.6. The van der Waals surface area contributed by atoms with Crippen molar-refractivity contribution in [3.8, 4) is 0 Å². The van der Waals surface area contributed by atoms with E-state index in [1.54, 1.807) is 19.9 Å². The summed E-state index contributed by atoms with van der Waals surface area (Å²) in [5.41, 5.74) is 0.620. The average Bonchev–Trinajstić information content (AvgIpc) is 3.22. The third-order valence-corrected chi connectivity index (χ3v) is 8.32. The van der Waals surface area contributed by atoms with E-state index in [9.17, 15) is 19.8 Å². The molecule has 2 N–H and O–H groups in total. The summed E-state index contributed by atoms with van der Waals surface area (Å²) in [6.45, 7) is 11.2. The number of allylic oxidation sites excluding steroid dienone is 1. The highest BCUT2D eigenvalue weighted by Gasteiger charge is 2.43. The fourth-order valence-corrected chi connectivity index (χ4v) is 5.42. The Morgan fingerprint density at radius 3 is 2.61 bits per heavy atom. The number of aliphatic hydroxyl groups excluding tert-OH is 2. The molecule has 0 amide bonds. The standard InChI is InChI=1S/C28H42ClNO5S/c1-7-9-21-26(33)18(3)11-8-10-17(2)12-13-23(22(29)14-20-16-36-19(4)30-20)35-25(32)15-24(31)28(5,6)27(21)34/h12,14,16,18,21,23-24,26,31,33H,7-11,13,15H2,1-6H3/b17-12-,22-14-/t18-,21+,23-,24+,26-/m0/s1. The molecule has 0 spiro atoms. The van der Waals surface area contributed by atoms with E-state index in [4.69, 9.17) is 16.3 Å². The maximum atomic E-state index is 13.5. The Balaban J connectivity index is 2.36. The summed E-state index contributed by atoms with van der Waals surface area (Å²) in [6, 6.07) is 0. The van der Waals surface area contributed by atoms with Gasteiger partial charge in [0.1, 0.15) is 11.9 Å². The number of cyclic esters (lactones) is 1. The molecule has 0 saturated carbocycles. The number of thiazole rings is 1. The predicted octanol–water partition coefficient (Wildman–Crippen LogP) is 6.22. The molecular formula is C28H42ClNO5S. The van der Waals surface area contributed by atoms with Crippen LogP contribution >= 0.6 is 22.9 Å². The molecule has 1 aromatic rings. The van der Waals surface area contributed by atoms with Crippen LogP contribution in [0.2, 0.25) is 0 Å². The van der Waals surface area contributed by atoms with Crippen molar-refractivity contribution in [1.29, 1.82) is 0 Å². The van der Waals surface area contributed by atoms with Crippen LogP contribution < -0.4 is 0 Å². The fourth-order valence-electron chi connectivity index (χ4n) is 4.61. The molecule has 6 nitrogen and oxygen atoms in total. The van der Waals surface area contributed by atoms with E-state index in [1.807, 2.05) is 39.2 Å². The van der Waals surface area contributed by atoms with Gasteiger partial charge in [0, 0.05) is 17.7 Å². The zero-order chi connectivity index (χ0) is 27.0. The van der Waals surface area contributed by atoms with E-state index in [-0.39, 0.29) is 18.1 Å². The quantitative estimate of drug-likeness (QED) is 0.348. The number of carbonyl (C=O) groups is 2. The molecule has 0 aliphatic carbocycles. The Morgan fingerprint density at radius 2 is 2.00 bits per heavy atom. The number of ether oxygens (including phenoxy) is 1.